The van der Waals surface area contributed by atoms with E-state index in [1.54, 1.807) is 0 Å². The summed E-state index contributed by atoms with van der Waals surface area (Å²) in [6.07, 6.45) is 1.06. The molecule has 2 rings (SSSR count). The Balaban J connectivity index is 1.93. The third-order valence-corrected chi connectivity index (χ3v) is 3.65. The number of nitrogens with two attached hydrogens (primary N) is 1. The van der Waals surface area contributed by atoms with E-state index in [1.165, 1.54) is 9.75 Å². The third-order valence-electron chi connectivity index (χ3n) is 2.63. The summed E-state index contributed by atoms with van der Waals surface area (Å²) >= 11 is 1.87. The predicted octanol–water partition coefficient (Wildman–Crippen LogP) is 3.68. The van der Waals surface area contributed by atoms with E-state index < -0.39 is 0 Å². The Kier molecular flexibility index (Phi) is 3.69. The van der Waals surface area contributed by atoms with Crippen molar-refractivity contribution in [3.05, 3.63) is 46.2 Å². The smallest absolute Gasteiger partial charge is 0.0343 e. The fourth-order valence-electron chi connectivity index (χ4n) is 1.81. The lowest BCUT2D eigenvalue weighted by molar-refractivity contribution is 0.801. The van der Waals surface area contributed by atoms with Gasteiger partial charge in [-0.2, -0.15) is 0 Å². The van der Waals surface area contributed by atoms with Gasteiger partial charge in [0.05, 0.1) is 0 Å². The molecule has 0 saturated carbocycles. The molecule has 0 spiro atoms. The van der Waals surface area contributed by atoms with E-state index in [1.807, 2.05) is 35.6 Å². The van der Waals surface area contributed by atoms with Gasteiger partial charge in [-0.25, -0.2) is 0 Å². The highest BCUT2D eigenvalue weighted by atomic mass is 32.1. The van der Waals surface area contributed by atoms with Crippen LogP contribution in [0.2, 0.25) is 0 Å². The summed E-state index contributed by atoms with van der Waals surface area (Å²) in [7, 11) is 0. The van der Waals surface area contributed by atoms with E-state index in [0.29, 0.717) is 6.04 Å². The van der Waals surface area contributed by atoms with Gasteiger partial charge in [-0.3, -0.25) is 0 Å². The molecule has 0 saturated heterocycles. The van der Waals surface area contributed by atoms with Gasteiger partial charge >= 0.3 is 0 Å². The molecule has 1 aromatic heterocycles. The van der Waals surface area contributed by atoms with Crippen LogP contribution in [-0.2, 0) is 6.42 Å². The highest BCUT2D eigenvalue weighted by molar-refractivity contribution is 7.11. The molecule has 1 heterocycles. The standard InChI is InChI=1S/C14H18N2S/c1-10(9-14-8-3-11(2)17-14)16-13-6-4-12(15)5-7-13/h3-8,10,16H,9,15H2,1-2H3. The van der Waals surface area contributed by atoms with Crippen molar-refractivity contribution in [2.45, 2.75) is 26.3 Å². The molecule has 0 amide bonds. The minimum absolute atomic E-state index is 0.427. The van der Waals surface area contributed by atoms with Gasteiger partial charge in [-0.1, -0.05) is 0 Å². The van der Waals surface area contributed by atoms with Crippen molar-refractivity contribution in [3.63, 3.8) is 0 Å². The highest BCUT2D eigenvalue weighted by Crippen LogP contribution is 2.18. The quantitative estimate of drug-likeness (QED) is 0.808. The van der Waals surface area contributed by atoms with Gasteiger partial charge in [-0.05, 0) is 50.2 Å². The summed E-state index contributed by atoms with van der Waals surface area (Å²) in [6.45, 7) is 4.34. The fourth-order valence-corrected chi connectivity index (χ4v) is 2.83. The van der Waals surface area contributed by atoms with E-state index in [0.717, 1.165) is 17.8 Å². The lowest BCUT2D eigenvalue weighted by atomic mass is 10.2. The zero-order chi connectivity index (χ0) is 12.3. The minimum Gasteiger partial charge on any atom is -0.399 e. The van der Waals surface area contributed by atoms with Crippen LogP contribution in [0.15, 0.2) is 36.4 Å². The topological polar surface area (TPSA) is 38.0 Å². The first-order valence-electron chi connectivity index (χ1n) is 5.81. The number of nitrogen functional groups attached to an aromatic ring is 1. The Hall–Kier alpha value is -1.48. The van der Waals surface area contributed by atoms with Crippen LogP contribution in [0.3, 0.4) is 0 Å². The first kappa shape index (κ1) is 12.0. The van der Waals surface area contributed by atoms with Crippen molar-refractivity contribution >= 4 is 22.7 Å². The number of nitrogens with one attached hydrogen (secondary N) is 1. The number of aryl methyl sites for hydroxylation is 1. The first-order valence-corrected chi connectivity index (χ1v) is 6.62. The Labute approximate surface area is 106 Å². The number of rotatable bonds is 4. The first-order chi connectivity index (χ1) is 8.13. The molecule has 2 nitrogen and oxygen atoms in total. The maximum atomic E-state index is 5.66. The van der Waals surface area contributed by atoms with Crippen molar-refractivity contribution in [1.82, 2.24) is 0 Å². The zero-order valence-electron chi connectivity index (χ0n) is 10.2. The Morgan fingerprint density at radius 2 is 1.88 bits per heavy atom. The maximum absolute atomic E-state index is 5.66. The molecule has 2 aromatic rings. The second-order valence-corrected chi connectivity index (χ2v) is 5.76. The maximum Gasteiger partial charge on any atom is 0.0343 e. The van der Waals surface area contributed by atoms with Crippen LogP contribution in [-0.4, -0.2) is 6.04 Å². The second-order valence-electron chi connectivity index (χ2n) is 4.38. The third kappa shape index (κ3) is 3.49. The summed E-state index contributed by atoms with van der Waals surface area (Å²) in [5.41, 5.74) is 7.59. The van der Waals surface area contributed by atoms with Gasteiger partial charge in [0.25, 0.3) is 0 Å². The van der Waals surface area contributed by atoms with E-state index in [2.05, 4.69) is 31.3 Å². The molecule has 3 heteroatoms. The number of hydrogen-bond acceptors (Lipinski definition) is 3. The van der Waals surface area contributed by atoms with Crippen LogP contribution in [0.25, 0.3) is 0 Å². The fraction of sp³-hybridized carbons (Fsp3) is 0.286. The van der Waals surface area contributed by atoms with Crippen LogP contribution >= 0.6 is 11.3 Å². The summed E-state index contributed by atoms with van der Waals surface area (Å²) in [5.74, 6) is 0. The van der Waals surface area contributed by atoms with Crippen LogP contribution < -0.4 is 11.1 Å². The minimum atomic E-state index is 0.427. The summed E-state index contributed by atoms with van der Waals surface area (Å²) in [5, 5.41) is 3.48. The number of thiophene rings is 1. The lowest BCUT2D eigenvalue weighted by Crippen LogP contribution is -2.17. The van der Waals surface area contributed by atoms with Crippen molar-refractivity contribution < 1.29 is 0 Å². The monoisotopic (exact) mass is 246 g/mol. The van der Waals surface area contributed by atoms with E-state index in [9.17, 15) is 0 Å². The molecule has 0 aliphatic rings. The van der Waals surface area contributed by atoms with Gasteiger partial charge in [0.2, 0.25) is 0 Å². The van der Waals surface area contributed by atoms with Crippen LogP contribution in [0.4, 0.5) is 11.4 Å². The normalized spacial score (nSPS) is 12.4. The largest absolute Gasteiger partial charge is 0.399 e. The van der Waals surface area contributed by atoms with Crippen molar-refractivity contribution in [1.29, 1.82) is 0 Å². The van der Waals surface area contributed by atoms with Crippen molar-refractivity contribution in [2.24, 2.45) is 0 Å². The molecule has 1 unspecified atom stereocenters. The summed E-state index contributed by atoms with van der Waals surface area (Å²) in [6, 6.07) is 12.7. The van der Waals surface area contributed by atoms with Crippen molar-refractivity contribution in [2.75, 3.05) is 11.1 Å². The van der Waals surface area contributed by atoms with Gasteiger partial charge < -0.3 is 11.1 Å². The van der Waals surface area contributed by atoms with Crippen molar-refractivity contribution in [3.8, 4) is 0 Å². The zero-order valence-corrected chi connectivity index (χ0v) is 11.1. The molecule has 0 fully saturated rings. The van der Waals surface area contributed by atoms with Gasteiger partial charge in [0.15, 0.2) is 0 Å². The molecule has 0 aliphatic heterocycles. The van der Waals surface area contributed by atoms with E-state index >= 15 is 0 Å². The van der Waals surface area contributed by atoms with Crippen LogP contribution in [0, 0.1) is 6.92 Å². The Morgan fingerprint density at radius 1 is 1.18 bits per heavy atom. The Morgan fingerprint density at radius 3 is 2.47 bits per heavy atom. The molecule has 0 aliphatic carbocycles. The molecule has 17 heavy (non-hydrogen) atoms. The number of anilines is 2. The Bertz CT molecular complexity index is 473. The second kappa shape index (κ2) is 5.23. The molecule has 1 atom stereocenters. The molecule has 3 N–H and O–H groups in total. The van der Waals surface area contributed by atoms with E-state index in [4.69, 9.17) is 5.73 Å². The molecule has 90 valence electrons. The molecule has 0 radical (unpaired) electrons. The van der Waals surface area contributed by atoms with Gasteiger partial charge in [0, 0.05) is 33.6 Å². The SMILES string of the molecule is Cc1ccc(CC(C)Nc2ccc(N)cc2)s1. The summed E-state index contributed by atoms with van der Waals surface area (Å²) < 4.78 is 0. The molecular weight excluding hydrogens is 228 g/mol. The van der Waals surface area contributed by atoms with Crippen LogP contribution in [0.5, 0.6) is 0 Å². The number of benzene rings is 1. The molecule has 0 bridgehead atoms. The van der Waals surface area contributed by atoms with Gasteiger partial charge in [-0.15, -0.1) is 11.3 Å². The number of hydrogen-bond donors (Lipinski definition) is 2. The molecular formula is C14H18N2S. The molecule has 1 aromatic carbocycles. The van der Waals surface area contributed by atoms with Crippen LogP contribution in [0.1, 0.15) is 16.7 Å². The van der Waals surface area contributed by atoms with E-state index in [-0.39, 0.29) is 0 Å². The van der Waals surface area contributed by atoms with Gasteiger partial charge in [0.1, 0.15) is 0 Å². The lowest BCUT2D eigenvalue weighted by Gasteiger charge is -2.14. The average molecular weight is 246 g/mol. The summed E-state index contributed by atoms with van der Waals surface area (Å²) in [4.78, 5) is 2.80. The predicted molar refractivity (Wildman–Crippen MR) is 76.7 cm³/mol. The highest BCUT2D eigenvalue weighted by Gasteiger charge is 2.05. The average Bonchev–Trinajstić information content (AvgIpc) is 2.67.